The van der Waals surface area contributed by atoms with E-state index in [2.05, 4.69) is 10.2 Å². The normalized spacial score (nSPS) is 11.9. The summed E-state index contributed by atoms with van der Waals surface area (Å²) < 4.78 is 25.2. The molecule has 2 N–H and O–H groups in total. The van der Waals surface area contributed by atoms with E-state index in [0.29, 0.717) is 12.1 Å². The van der Waals surface area contributed by atoms with Crippen molar-refractivity contribution in [3.8, 4) is 0 Å². The monoisotopic (exact) mass is 261 g/mol. The van der Waals surface area contributed by atoms with Gasteiger partial charge in [-0.15, -0.1) is 0 Å². The van der Waals surface area contributed by atoms with Crippen LogP contribution in [0.4, 0.5) is 0 Å². The summed E-state index contributed by atoms with van der Waals surface area (Å²) in [6.07, 6.45) is 1.73. The lowest BCUT2D eigenvalue weighted by Gasteiger charge is -2.18. The molecule has 0 unspecified atom stereocenters. The molecule has 0 amide bonds. The summed E-state index contributed by atoms with van der Waals surface area (Å²) in [5.74, 6) is -1.18. The van der Waals surface area contributed by atoms with Gasteiger partial charge in [-0.3, -0.25) is 9.89 Å². The van der Waals surface area contributed by atoms with Crippen LogP contribution in [-0.4, -0.2) is 47.1 Å². The zero-order valence-electron chi connectivity index (χ0n) is 9.67. The third-order valence-electron chi connectivity index (χ3n) is 2.19. The third kappa shape index (κ3) is 3.04. The van der Waals surface area contributed by atoms with E-state index in [-0.39, 0.29) is 11.4 Å². The Labute approximate surface area is 99.5 Å². The smallest absolute Gasteiger partial charge is 0.318 e. The van der Waals surface area contributed by atoms with Gasteiger partial charge < -0.3 is 5.11 Å². The summed E-state index contributed by atoms with van der Waals surface area (Å²) >= 11 is 0. The van der Waals surface area contributed by atoms with Crippen molar-refractivity contribution in [1.29, 1.82) is 0 Å². The van der Waals surface area contributed by atoms with Crippen molar-refractivity contribution in [2.75, 3.05) is 13.1 Å². The molecule has 1 aromatic heterocycles. The Morgan fingerprint density at radius 1 is 1.59 bits per heavy atom. The van der Waals surface area contributed by atoms with Gasteiger partial charge in [0.1, 0.15) is 11.4 Å². The zero-order valence-corrected chi connectivity index (χ0v) is 10.5. The lowest BCUT2D eigenvalue weighted by Crippen LogP contribution is -2.36. The fourth-order valence-electron chi connectivity index (χ4n) is 1.42. The number of carboxylic acid groups (broad SMARTS) is 1. The number of carboxylic acids is 1. The fraction of sp³-hybridized carbons (Fsp3) is 0.556. The number of hydrogen-bond donors (Lipinski definition) is 2. The molecule has 0 atom stereocenters. The summed E-state index contributed by atoms with van der Waals surface area (Å²) in [5, 5.41) is 14.9. The lowest BCUT2D eigenvalue weighted by atomic mass is 10.5. The summed E-state index contributed by atoms with van der Waals surface area (Å²) in [5.41, 5.74) is 0.400. The molecule has 0 fully saturated rings. The first-order valence-electron chi connectivity index (χ1n) is 5.11. The van der Waals surface area contributed by atoms with Crippen LogP contribution in [0.1, 0.15) is 19.0 Å². The van der Waals surface area contributed by atoms with Crippen LogP contribution in [0.25, 0.3) is 0 Å². The highest BCUT2D eigenvalue weighted by Gasteiger charge is 2.28. The molecule has 0 aliphatic rings. The van der Waals surface area contributed by atoms with Gasteiger partial charge in [0.15, 0.2) is 0 Å². The number of carbonyl (C=O) groups is 1. The summed E-state index contributed by atoms with van der Waals surface area (Å²) in [6, 6.07) is 0. The molecule has 0 aromatic carbocycles. The summed E-state index contributed by atoms with van der Waals surface area (Å²) in [7, 11) is -3.79. The van der Waals surface area contributed by atoms with Crippen molar-refractivity contribution >= 4 is 16.0 Å². The van der Waals surface area contributed by atoms with Crippen LogP contribution in [0, 0.1) is 6.92 Å². The van der Waals surface area contributed by atoms with E-state index in [1.54, 1.807) is 13.8 Å². The Kier molecular flexibility index (Phi) is 4.24. The van der Waals surface area contributed by atoms with Gasteiger partial charge in [0.2, 0.25) is 10.0 Å². The molecule has 1 rings (SSSR count). The van der Waals surface area contributed by atoms with Crippen molar-refractivity contribution in [3.05, 3.63) is 11.9 Å². The van der Waals surface area contributed by atoms with Gasteiger partial charge in [0, 0.05) is 6.54 Å². The molecule has 0 saturated carbocycles. The average Bonchev–Trinajstić information content (AvgIpc) is 2.63. The number of aromatic nitrogens is 2. The molecule has 0 aliphatic heterocycles. The number of nitrogens with zero attached hydrogens (tertiary/aromatic N) is 2. The van der Waals surface area contributed by atoms with Gasteiger partial charge in [0.05, 0.1) is 11.9 Å². The van der Waals surface area contributed by atoms with Crippen molar-refractivity contribution in [2.24, 2.45) is 0 Å². The second kappa shape index (κ2) is 5.28. The van der Waals surface area contributed by atoms with E-state index in [1.165, 1.54) is 6.20 Å². The Hall–Kier alpha value is -1.41. The Bertz CT molecular complexity index is 494. The molecule has 0 bridgehead atoms. The van der Waals surface area contributed by atoms with Gasteiger partial charge in [-0.1, -0.05) is 6.92 Å². The van der Waals surface area contributed by atoms with Crippen LogP contribution in [0.2, 0.25) is 0 Å². The van der Waals surface area contributed by atoms with Crippen LogP contribution < -0.4 is 0 Å². The van der Waals surface area contributed by atoms with E-state index in [1.807, 2.05) is 0 Å². The number of hydrogen-bond acceptors (Lipinski definition) is 4. The first kappa shape index (κ1) is 13.7. The number of rotatable bonds is 6. The topological polar surface area (TPSA) is 103 Å². The van der Waals surface area contributed by atoms with Gasteiger partial charge in [0.25, 0.3) is 0 Å². The van der Waals surface area contributed by atoms with Crippen molar-refractivity contribution in [3.63, 3.8) is 0 Å². The predicted octanol–water partition coefficient (Wildman–Crippen LogP) is 0.203. The highest BCUT2D eigenvalue weighted by molar-refractivity contribution is 7.89. The molecule has 0 saturated heterocycles. The Morgan fingerprint density at radius 3 is 2.65 bits per heavy atom. The number of nitrogens with one attached hydrogen (secondary N) is 1. The maximum Gasteiger partial charge on any atom is 0.318 e. The number of sulfonamides is 1. The van der Waals surface area contributed by atoms with E-state index >= 15 is 0 Å². The highest BCUT2D eigenvalue weighted by atomic mass is 32.2. The molecular formula is C9H15N3O4S. The van der Waals surface area contributed by atoms with Crippen LogP contribution in [0.3, 0.4) is 0 Å². The minimum absolute atomic E-state index is 0.0206. The minimum Gasteiger partial charge on any atom is -0.480 e. The molecule has 0 radical (unpaired) electrons. The molecule has 7 nitrogen and oxygen atoms in total. The number of H-pyrrole nitrogens is 1. The third-order valence-corrected chi connectivity index (χ3v) is 4.15. The van der Waals surface area contributed by atoms with E-state index in [4.69, 9.17) is 5.11 Å². The summed E-state index contributed by atoms with van der Waals surface area (Å²) in [6.45, 7) is 2.98. The van der Waals surface area contributed by atoms with E-state index in [0.717, 1.165) is 4.31 Å². The maximum atomic E-state index is 12.1. The standard InChI is InChI=1S/C9H15N3O4S/c1-3-4-12(6-9(13)14)17(15,16)8-5-10-11-7(8)2/h5H,3-4,6H2,1-2H3,(H,10,11)(H,13,14). The van der Waals surface area contributed by atoms with Gasteiger partial charge in [-0.05, 0) is 13.3 Å². The first-order chi connectivity index (χ1) is 7.89. The first-order valence-corrected chi connectivity index (χ1v) is 6.55. The minimum atomic E-state index is -3.79. The molecule has 17 heavy (non-hydrogen) atoms. The van der Waals surface area contributed by atoms with Gasteiger partial charge >= 0.3 is 5.97 Å². The molecule has 0 spiro atoms. The lowest BCUT2D eigenvalue weighted by molar-refractivity contribution is -0.137. The highest BCUT2D eigenvalue weighted by Crippen LogP contribution is 2.17. The maximum absolute atomic E-state index is 12.1. The Balaban J connectivity index is 3.08. The second-order valence-corrected chi connectivity index (χ2v) is 5.50. The van der Waals surface area contributed by atoms with Crippen LogP contribution in [0.5, 0.6) is 0 Å². The number of aryl methyl sites for hydroxylation is 1. The van der Waals surface area contributed by atoms with Gasteiger partial charge in [-0.25, -0.2) is 8.42 Å². The van der Waals surface area contributed by atoms with Crippen LogP contribution >= 0.6 is 0 Å². The van der Waals surface area contributed by atoms with Crippen molar-refractivity contribution in [1.82, 2.24) is 14.5 Å². The van der Waals surface area contributed by atoms with E-state index in [9.17, 15) is 13.2 Å². The SMILES string of the molecule is CCCN(CC(=O)O)S(=O)(=O)c1cn[nH]c1C. The van der Waals surface area contributed by atoms with Crippen molar-refractivity contribution in [2.45, 2.75) is 25.2 Å². The largest absolute Gasteiger partial charge is 0.480 e. The predicted molar refractivity (Wildman–Crippen MR) is 60.0 cm³/mol. The Morgan fingerprint density at radius 2 is 2.24 bits per heavy atom. The van der Waals surface area contributed by atoms with Crippen LogP contribution in [0.15, 0.2) is 11.1 Å². The molecule has 96 valence electrons. The zero-order chi connectivity index (χ0) is 13.1. The van der Waals surface area contributed by atoms with E-state index < -0.39 is 22.5 Å². The molecule has 1 heterocycles. The molecule has 8 heteroatoms. The fourth-order valence-corrected chi connectivity index (χ4v) is 3.02. The van der Waals surface area contributed by atoms with Gasteiger partial charge in [-0.2, -0.15) is 9.40 Å². The summed E-state index contributed by atoms with van der Waals surface area (Å²) in [4.78, 5) is 10.7. The quantitative estimate of drug-likeness (QED) is 0.761. The number of aromatic amines is 1. The molecule has 0 aliphatic carbocycles. The van der Waals surface area contributed by atoms with Crippen LogP contribution in [-0.2, 0) is 14.8 Å². The molecule has 1 aromatic rings. The molecular weight excluding hydrogens is 246 g/mol. The second-order valence-electron chi connectivity index (χ2n) is 3.59. The average molecular weight is 261 g/mol. The number of aliphatic carboxylic acids is 1. The van der Waals surface area contributed by atoms with Crippen molar-refractivity contribution < 1.29 is 18.3 Å².